The molecule has 0 aliphatic carbocycles. The summed E-state index contributed by atoms with van der Waals surface area (Å²) < 4.78 is 11.5. The fourth-order valence-electron chi connectivity index (χ4n) is 3.45. The smallest absolute Gasteiger partial charge is 0.329 e. The van der Waals surface area contributed by atoms with E-state index >= 15 is 0 Å². The lowest BCUT2D eigenvalue weighted by molar-refractivity contribution is -0.136. The van der Waals surface area contributed by atoms with Crippen molar-refractivity contribution in [3.8, 4) is 11.5 Å². The summed E-state index contributed by atoms with van der Waals surface area (Å²) in [7, 11) is 1.54. The molecule has 9 heteroatoms. The molecule has 0 aliphatic heterocycles. The Hall–Kier alpha value is -4.07. The number of carbonyl (C=O) groups is 2. The Balaban J connectivity index is 1.37. The number of carbonyl (C=O) groups excluding carboxylic acids is 2. The number of hydrogen-bond acceptors (Lipinski definition) is 5. The van der Waals surface area contributed by atoms with Crippen LogP contribution in [0.25, 0.3) is 10.8 Å². The number of benzene rings is 4. The molecule has 182 valence electrons. The predicted octanol–water partition coefficient (Wildman–Crippen LogP) is 5.82. The summed E-state index contributed by atoms with van der Waals surface area (Å²) >= 11 is 11.9. The van der Waals surface area contributed by atoms with E-state index in [4.69, 9.17) is 32.7 Å². The Morgan fingerprint density at radius 3 is 2.53 bits per heavy atom. The van der Waals surface area contributed by atoms with E-state index in [0.29, 0.717) is 23.7 Å². The molecule has 0 saturated carbocycles. The Bertz CT molecular complexity index is 1450. The van der Waals surface area contributed by atoms with Crippen LogP contribution in [0.15, 0.2) is 84.0 Å². The Morgan fingerprint density at radius 2 is 1.69 bits per heavy atom. The molecule has 4 aromatic carbocycles. The highest BCUT2D eigenvalue weighted by atomic mass is 35.5. The zero-order valence-corrected chi connectivity index (χ0v) is 20.6. The minimum absolute atomic E-state index is 0.138. The van der Waals surface area contributed by atoms with Gasteiger partial charge in [0.1, 0.15) is 6.61 Å². The number of hydrogen-bond donors (Lipinski definition) is 2. The van der Waals surface area contributed by atoms with Gasteiger partial charge in [-0.05, 0) is 52.2 Å². The van der Waals surface area contributed by atoms with E-state index in [0.717, 1.165) is 16.3 Å². The Labute approximate surface area is 217 Å². The monoisotopic (exact) mass is 521 g/mol. The van der Waals surface area contributed by atoms with E-state index in [1.807, 2.05) is 24.3 Å². The molecule has 0 spiro atoms. The number of nitrogens with one attached hydrogen (secondary N) is 2. The van der Waals surface area contributed by atoms with Gasteiger partial charge in [-0.1, -0.05) is 71.7 Å². The second-order valence-electron chi connectivity index (χ2n) is 7.59. The largest absolute Gasteiger partial charge is 0.493 e. The van der Waals surface area contributed by atoms with Gasteiger partial charge in [0, 0.05) is 0 Å². The van der Waals surface area contributed by atoms with Gasteiger partial charge in [0.15, 0.2) is 11.5 Å². The molecule has 0 fully saturated rings. The summed E-state index contributed by atoms with van der Waals surface area (Å²) in [6.07, 6.45) is 1.38. The summed E-state index contributed by atoms with van der Waals surface area (Å²) in [5.74, 6) is -0.848. The van der Waals surface area contributed by atoms with Gasteiger partial charge in [-0.3, -0.25) is 9.59 Å². The maximum atomic E-state index is 12.1. The van der Waals surface area contributed by atoms with E-state index in [1.54, 1.807) is 30.3 Å². The molecule has 0 heterocycles. The van der Waals surface area contributed by atoms with Gasteiger partial charge in [0.2, 0.25) is 0 Å². The van der Waals surface area contributed by atoms with Crippen LogP contribution in [-0.4, -0.2) is 25.1 Å². The van der Waals surface area contributed by atoms with Crippen molar-refractivity contribution in [1.29, 1.82) is 0 Å². The molecule has 0 saturated heterocycles. The summed E-state index contributed by atoms with van der Waals surface area (Å²) in [6.45, 7) is 0.368. The first-order valence-corrected chi connectivity index (χ1v) is 11.6. The molecule has 0 atom stereocenters. The molecular formula is C27H21Cl2N3O4. The highest BCUT2D eigenvalue weighted by Gasteiger charge is 2.15. The predicted molar refractivity (Wildman–Crippen MR) is 142 cm³/mol. The summed E-state index contributed by atoms with van der Waals surface area (Å²) in [5, 5.41) is 8.88. The quantitative estimate of drug-likeness (QED) is 0.182. The fourth-order valence-corrected chi connectivity index (χ4v) is 3.80. The first kappa shape index (κ1) is 25.0. The van der Waals surface area contributed by atoms with Gasteiger partial charge in [-0.2, -0.15) is 5.10 Å². The van der Waals surface area contributed by atoms with Gasteiger partial charge in [-0.15, -0.1) is 0 Å². The van der Waals surface area contributed by atoms with Gasteiger partial charge in [0.05, 0.1) is 29.1 Å². The summed E-state index contributed by atoms with van der Waals surface area (Å²) in [5.41, 5.74) is 4.07. The molecule has 0 radical (unpaired) electrons. The minimum atomic E-state index is -0.968. The van der Waals surface area contributed by atoms with Crippen LogP contribution < -0.4 is 20.2 Å². The number of amides is 2. The van der Waals surface area contributed by atoms with E-state index in [1.165, 1.54) is 19.4 Å². The van der Waals surface area contributed by atoms with E-state index in [2.05, 4.69) is 34.0 Å². The second-order valence-corrected chi connectivity index (χ2v) is 8.38. The fraction of sp³-hybridized carbons (Fsp3) is 0.0741. The van der Waals surface area contributed by atoms with Crippen LogP contribution in [0.4, 0.5) is 5.69 Å². The van der Waals surface area contributed by atoms with Crippen LogP contribution in [0.2, 0.25) is 10.0 Å². The third-order valence-electron chi connectivity index (χ3n) is 5.24. The van der Waals surface area contributed by atoms with Crippen molar-refractivity contribution < 1.29 is 19.1 Å². The molecule has 4 aromatic rings. The van der Waals surface area contributed by atoms with Crippen molar-refractivity contribution in [3.05, 3.63) is 100 Å². The Morgan fingerprint density at radius 1 is 0.917 bits per heavy atom. The molecule has 36 heavy (non-hydrogen) atoms. The zero-order chi connectivity index (χ0) is 25.5. The second kappa shape index (κ2) is 11.6. The van der Waals surface area contributed by atoms with Crippen LogP contribution >= 0.6 is 23.2 Å². The SMILES string of the molecule is COc1cc(/C=N/NC(=O)C(=O)Nc2cccc(Cl)c2Cl)ccc1OCc1cccc2ccccc12. The van der Waals surface area contributed by atoms with E-state index in [9.17, 15) is 9.59 Å². The van der Waals surface area contributed by atoms with Crippen LogP contribution in [0.3, 0.4) is 0 Å². The highest BCUT2D eigenvalue weighted by Crippen LogP contribution is 2.30. The number of ether oxygens (including phenoxy) is 2. The average molecular weight is 522 g/mol. The van der Waals surface area contributed by atoms with E-state index in [-0.39, 0.29) is 15.7 Å². The van der Waals surface area contributed by atoms with Crippen LogP contribution in [0.5, 0.6) is 11.5 Å². The molecule has 4 rings (SSSR count). The normalized spacial score (nSPS) is 10.9. The van der Waals surface area contributed by atoms with Crippen molar-refractivity contribution in [1.82, 2.24) is 5.43 Å². The zero-order valence-electron chi connectivity index (χ0n) is 19.1. The van der Waals surface area contributed by atoms with Crippen LogP contribution in [0, 0.1) is 0 Å². The maximum Gasteiger partial charge on any atom is 0.329 e. The summed E-state index contributed by atoms with van der Waals surface area (Å²) in [6, 6.07) is 24.1. The van der Waals surface area contributed by atoms with Gasteiger partial charge < -0.3 is 14.8 Å². The molecular weight excluding hydrogens is 501 g/mol. The van der Waals surface area contributed by atoms with Crippen molar-refractivity contribution >= 4 is 57.7 Å². The number of halogens is 2. The standard InChI is InChI=1S/C27H21Cl2N3O4/c1-35-24-14-17(15-30-32-27(34)26(33)31-22-11-5-10-21(28)25(22)29)12-13-23(24)36-16-19-8-4-7-18-6-2-3-9-20(18)19/h2-15H,16H2,1H3,(H,31,33)(H,32,34)/b30-15+. The lowest BCUT2D eigenvalue weighted by Gasteiger charge is -2.12. The third kappa shape index (κ3) is 5.94. The lowest BCUT2D eigenvalue weighted by atomic mass is 10.1. The molecule has 2 N–H and O–H groups in total. The van der Waals surface area contributed by atoms with Crippen molar-refractivity contribution in [2.24, 2.45) is 5.10 Å². The number of methoxy groups -OCH3 is 1. The molecule has 7 nitrogen and oxygen atoms in total. The third-order valence-corrected chi connectivity index (χ3v) is 6.06. The van der Waals surface area contributed by atoms with Crippen molar-refractivity contribution in [2.75, 3.05) is 12.4 Å². The highest BCUT2D eigenvalue weighted by molar-refractivity contribution is 6.45. The van der Waals surface area contributed by atoms with Gasteiger partial charge in [-0.25, -0.2) is 5.43 Å². The van der Waals surface area contributed by atoms with Crippen LogP contribution in [-0.2, 0) is 16.2 Å². The number of rotatable bonds is 7. The number of nitrogens with zero attached hydrogens (tertiary/aromatic N) is 1. The molecule has 0 bridgehead atoms. The molecule has 2 amide bonds. The summed E-state index contributed by atoms with van der Waals surface area (Å²) in [4.78, 5) is 24.2. The van der Waals surface area contributed by atoms with Crippen LogP contribution in [0.1, 0.15) is 11.1 Å². The topological polar surface area (TPSA) is 89.0 Å². The Kier molecular flexibility index (Phi) is 8.05. The number of fused-ring (bicyclic) bond motifs is 1. The van der Waals surface area contributed by atoms with Gasteiger partial charge >= 0.3 is 11.8 Å². The minimum Gasteiger partial charge on any atom is -0.493 e. The molecule has 0 aromatic heterocycles. The first-order valence-electron chi connectivity index (χ1n) is 10.8. The van der Waals surface area contributed by atoms with Gasteiger partial charge in [0.25, 0.3) is 0 Å². The maximum absolute atomic E-state index is 12.1. The molecule has 0 unspecified atom stereocenters. The number of anilines is 1. The average Bonchev–Trinajstić information content (AvgIpc) is 2.90. The number of hydrazone groups is 1. The van der Waals surface area contributed by atoms with Crippen molar-refractivity contribution in [2.45, 2.75) is 6.61 Å². The molecule has 0 aliphatic rings. The van der Waals surface area contributed by atoms with Crippen molar-refractivity contribution in [3.63, 3.8) is 0 Å². The lowest BCUT2D eigenvalue weighted by Crippen LogP contribution is -2.32. The van der Waals surface area contributed by atoms with E-state index < -0.39 is 11.8 Å². The first-order chi connectivity index (χ1) is 17.5.